The molecule has 0 saturated heterocycles. The zero-order valence-corrected chi connectivity index (χ0v) is 14.6. The van der Waals surface area contributed by atoms with Gasteiger partial charge in [-0.15, -0.1) is 11.3 Å². The van der Waals surface area contributed by atoms with Crippen molar-refractivity contribution in [2.45, 2.75) is 13.0 Å². The number of benzene rings is 1. The topological polar surface area (TPSA) is 64.0 Å². The van der Waals surface area contributed by atoms with Crippen molar-refractivity contribution in [1.29, 1.82) is 0 Å². The van der Waals surface area contributed by atoms with Crippen LogP contribution >= 0.6 is 11.3 Å². The second kappa shape index (κ2) is 7.57. The third-order valence-electron chi connectivity index (χ3n) is 3.76. The molecule has 0 saturated carbocycles. The van der Waals surface area contributed by atoms with E-state index in [2.05, 4.69) is 10.4 Å². The maximum atomic E-state index is 13.7. The van der Waals surface area contributed by atoms with Crippen LogP contribution in [0.3, 0.4) is 0 Å². The van der Waals surface area contributed by atoms with Crippen molar-refractivity contribution in [3.63, 3.8) is 0 Å². The number of carbonyl (C=O) groups is 1. The molecule has 1 amide bonds. The predicted molar refractivity (Wildman–Crippen MR) is 95.2 cm³/mol. The number of hydrogen-bond donors (Lipinski definition) is 1. The van der Waals surface area contributed by atoms with Gasteiger partial charge in [-0.05, 0) is 36.6 Å². The summed E-state index contributed by atoms with van der Waals surface area (Å²) in [6, 6.07) is 9.50. The zero-order valence-electron chi connectivity index (χ0n) is 13.8. The van der Waals surface area contributed by atoms with Crippen LogP contribution in [-0.4, -0.2) is 22.2 Å². The van der Waals surface area contributed by atoms with Gasteiger partial charge in [0.25, 0.3) is 11.5 Å². The summed E-state index contributed by atoms with van der Waals surface area (Å²) >= 11 is 1.49. The summed E-state index contributed by atoms with van der Waals surface area (Å²) in [4.78, 5) is 25.0. The number of rotatable bonds is 5. The minimum atomic E-state index is -0.940. The molecule has 0 radical (unpaired) electrons. The van der Waals surface area contributed by atoms with Gasteiger partial charge in [-0.3, -0.25) is 9.59 Å². The van der Waals surface area contributed by atoms with Crippen LogP contribution in [0.5, 0.6) is 0 Å². The molecule has 1 N–H and O–H groups in total. The van der Waals surface area contributed by atoms with Crippen LogP contribution < -0.4 is 10.9 Å². The molecule has 3 aromatic rings. The van der Waals surface area contributed by atoms with Crippen molar-refractivity contribution in [3.05, 3.63) is 75.4 Å². The van der Waals surface area contributed by atoms with Gasteiger partial charge in [-0.25, -0.2) is 13.5 Å². The van der Waals surface area contributed by atoms with E-state index in [9.17, 15) is 18.4 Å². The first-order valence-electron chi connectivity index (χ1n) is 7.83. The van der Waals surface area contributed by atoms with E-state index in [1.165, 1.54) is 28.2 Å². The Labute approximate surface area is 151 Å². The quantitative estimate of drug-likeness (QED) is 0.745. The Balaban J connectivity index is 1.76. The number of nitrogens with zero attached hydrogens (tertiary/aromatic N) is 2. The van der Waals surface area contributed by atoms with Gasteiger partial charge in [-0.2, -0.15) is 5.10 Å². The molecule has 0 aliphatic carbocycles. The molecular weight excluding hydrogens is 360 g/mol. The van der Waals surface area contributed by atoms with Crippen LogP contribution in [0.4, 0.5) is 8.78 Å². The molecule has 134 valence electrons. The maximum Gasteiger partial charge on any atom is 0.267 e. The number of carbonyl (C=O) groups excluding carboxylic acids is 1. The SMILES string of the molecule is CC(CNC(=O)c1c(F)cccc1F)n1nc(-c2cccs2)ccc1=O. The van der Waals surface area contributed by atoms with E-state index in [1.807, 2.05) is 17.5 Å². The first-order chi connectivity index (χ1) is 12.5. The lowest BCUT2D eigenvalue weighted by Crippen LogP contribution is -2.35. The van der Waals surface area contributed by atoms with Crippen LogP contribution in [0, 0.1) is 11.6 Å². The highest BCUT2D eigenvalue weighted by molar-refractivity contribution is 7.13. The van der Waals surface area contributed by atoms with E-state index in [0.29, 0.717) is 5.69 Å². The normalized spacial score (nSPS) is 12.0. The third kappa shape index (κ3) is 3.70. The monoisotopic (exact) mass is 375 g/mol. The molecule has 0 aliphatic heterocycles. The summed E-state index contributed by atoms with van der Waals surface area (Å²) in [5.74, 6) is -2.76. The molecule has 3 rings (SSSR count). The Bertz CT molecular complexity index is 966. The van der Waals surface area contributed by atoms with Crippen molar-refractivity contribution in [2.75, 3.05) is 6.54 Å². The Morgan fingerprint density at radius 2 is 1.92 bits per heavy atom. The van der Waals surface area contributed by atoms with E-state index in [4.69, 9.17) is 0 Å². The number of halogens is 2. The van der Waals surface area contributed by atoms with Gasteiger partial charge in [0, 0.05) is 12.6 Å². The van der Waals surface area contributed by atoms with E-state index >= 15 is 0 Å². The molecule has 26 heavy (non-hydrogen) atoms. The molecule has 0 spiro atoms. The van der Waals surface area contributed by atoms with E-state index < -0.39 is 29.1 Å². The lowest BCUT2D eigenvalue weighted by Gasteiger charge is -2.15. The van der Waals surface area contributed by atoms with Crippen LogP contribution in [-0.2, 0) is 0 Å². The summed E-state index contributed by atoms with van der Waals surface area (Å²) in [7, 11) is 0. The minimum absolute atomic E-state index is 0.00654. The number of amides is 1. The standard InChI is InChI=1S/C18H15F2N3O2S/c1-11(10-21-18(25)17-12(19)4-2-5-13(17)20)23-16(24)8-7-14(22-23)15-6-3-9-26-15/h2-9,11H,10H2,1H3,(H,21,25). The molecule has 2 aromatic heterocycles. The lowest BCUT2D eigenvalue weighted by atomic mass is 10.2. The predicted octanol–water partition coefficient (Wildman–Crippen LogP) is 3.24. The molecule has 5 nitrogen and oxygen atoms in total. The van der Waals surface area contributed by atoms with Crippen LogP contribution in [0.1, 0.15) is 23.3 Å². The van der Waals surface area contributed by atoms with Gasteiger partial charge < -0.3 is 5.32 Å². The van der Waals surface area contributed by atoms with Crippen molar-refractivity contribution >= 4 is 17.2 Å². The smallest absolute Gasteiger partial charge is 0.267 e. The third-order valence-corrected chi connectivity index (χ3v) is 4.66. The number of aromatic nitrogens is 2. The minimum Gasteiger partial charge on any atom is -0.350 e. The molecule has 0 bridgehead atoms. The number of thiophene rings is 1. The molecule has 8 heteroatoms. The molecule has 1 atom stereocenters. The first kappa shape index (κ1) is 17.9. The molecule has 0 fully saturated rings. The van der Waals surface area contributed by atoms with Gasteiger partial charge in [0.05, 0.1) is 10.9 Å². The largest absolute Gasteiger partial charge is 0.350 e. The molecule has 1 aromatic carbocycles. The molecular formula is C18H15F2N3O2S. The maximum absolute atomic E-state index is 13.7. The average Bonchev–Trinajstić information content (AvgIpc) is 3.14. The molecule has 1 unspecified atom stereocenters. The van der Waals surface area contributed by atoms with Gasteiger partial charge in [-0.1, -0.05) is 12.1 Å². The second-order valence-electron chi connectivity index (χ2n) is 5.63. The highest BCUT2D eigenvalue weighted by Gasteiger charge is 2.18. The van der Waals surface area contributed by atoms with Gasteiger partial charge in [0.1, 0.15) is 22.9 Å². The van der Waals surface area contributed by atoms with Gasteiger partial charge in [0.2, 0.25) is 0 Å². The summed E-state index contributed by atoms with van der Waals surface area (Å²) in [5, 5.41) is 8.66. The highest BCUT2D eigenvalue weighted by Crippen LogP contribution is 2.21. The Morgan fingerprint density at radius 1 is 1.19 bits per heavy atom. The first-order valence-corrected chi connectivity index (χ1v) is 8.71. The van der Waals surface area contributed by atoms with Gasteiger partial charge >= 0.3 is 0 Å². The Kier molecular flexibility index (Phi) is 5.22. The summed E-state index contributed by atoms with van der Waals surface area (Å²) in [6.45, 7) is 1.68. The average molecular weight is 375 g/mol. The fourth-order valence-corrected chi connectivity index (χ4v) is 3.12. The summed E-state index contributed by atoms with van der Waals surface area (Å²) in [5.41, 5.74) is -0.339. The number of hydrogen-bond acceptors (Lipinski definition) is 4. The van der Waals surface area contributed by atoms with Crippen molar-refractivity contribution in [3.8, 4) is 10.6 Å². The fraction of sp³-hybridized carbons (Fsp3) is 0.167. The summed E-state index contributed by atoms with van der Waals surface area (Å²) in [6.07, 6.45) is 0. The van der Waals surface area contributed by atoms with Crippen LogP contribution in [0.25, 0.3) is 10.6 Å². The molecule has 0 aliphatic rings. The van der Waals surface area contributed by atoms with E-state index in [0.717, 1.165) is 17.0 Å². The summed E-state index contributed by atoms with van der Waals surface area (Å²) < 4.78 is 28.6. The number of nitrogens with one attached hydrogen (secondary N) is 1. The van der Waals surface area contributed by atoms with Crippen LogP contribution in [0.15, 0.2) is 52.6 Å². The van der Waals surface area contributed by atoms with E-state index in [1.54, 1.807) is 13.0 Å². The second-order valence-corrected chi connectivity index (χ2v) is 6.58. The van der Waals surface area contributed by atoms with Gasteiger partial charge in [0.15, 0.2) is 0 Å². The lowest BCUT2D eigenvalue weighted by molar-refractivity contribution is 0.0939. The molecule has 2 heterocycles. The van der Waals surface area contributed by atoms with E-state index in [-0.39, 0.29) is 12.1 Å². The highest BCUT2D eigenvalue weighted by atomic mass is 32.1. The fourth-order valence-electron chi connectivity index (χ4n) is 2.43. The Morgan fingerprint density at radius 3 is 2.58 bits per heavy atom. The van der Waals surface area contributed by atoms with Crippen molar-refractivity contribution in [1.82, 2.24) is 15.1 Å². The van der Waals surface area contributed by atoms with Crippen molar-refractivity contribution < 1.29 is 13.6 Å². The Hall–Kier alpha value is -2.87. The van der Waals surface area contributed by atoms with Crippen LogP contribution in [0.2, 0.25) is 0 Å². The zero-order chi connectivity index (χ0) is 18.7. The van der Waals surface area contributed by atoms with Crippen molar-refractivity contribution in [2.24, 2.45) is 0 Å².